The predicted molar refractivity (Wildman–Crippen MR) is 452 cm³/mol. The molecule has 42 nitrogen and oxygen atoms in total. The summed E-state index contributed by atoms with van der Waals surface area (Å²) in [4.78, 5) is 266. The standard InChI is InChI=1S/C82H122N15O27PS/c1-7-45(5)68(78(115)90-56(41-47-21-25-49(98)26-22-47)75(112)91-57(81(118)119)40-44(3)4)93-77(114)60-17-15-39-97(60)80(117)69(46(6)8-2)94-73(110)53(31-35-66(104)105)86-71(108)52(30-34-65(102)103)87-74(111)55(42-48-23-27-50(28-24-48)124-125(121,122)123)89-72(109)51(29-33-62(83)99)88-76(113)59-16-14-38-96(59)79(116)54(32-36-67(106)107)85-64(101)20-10-9-13-37-84-63(100)19-12-11-18-61-70-58(43-126-61)92-82(120)95-70/h21-28,44-46,51-61,68-70,98H,7-20,29-43H2,1-6H3,(H2,83,99)(H,84,100)(H,85,101)(H,86,108)(H,87,111)(H,88,113)(H,89,109)(H,90,115)(H,91,112)(H,93,114)(H,94,110)(H,102,103)(H,104,105)(H,106,107)(H,118,119)(H2,92,95,120)(H2,121,122,123). The predicted octanol–water partition coefficient (Wildman–Crippen LogP) is 0.479. The third-order valence-electron chi connectivity index (χ3n) is 22.4. The van der Waals surface area contributed by atoms with Crippen LogP contribution < -0.4 is 74.1 Å². The van der Waals surface area contributed by atoms with Gasteiger partial charge in [0.1, 0.15) is 78.0 Å². The second-order valence-corrected chi connectivity index (χ2v) is 35.1. The first-order chi connectivity index (χ1) is 59.5. The molecule has 21 N–H and O–H groups in total. The number of carboxylic acids is 4. The molecule has 0 radical (unpaired) electrons. The van der Waals surface area contributed by atoms with Gasteiger partial charge in [0.25, 0.3) is 0 Å². The van der Waals surface area contributed by atoms with Gasteiger partial charge in [0, 0.05) is 82.0 Å². The fourth-order valence-electron chi connectivity index (χ4n) is 15.1. The van der Waals surface area contributed by atoms with E-state index in [2.05, 4.69) is 68.3 Å². The molecule has 0 bridgehead atoms. The van der Waals surface area contributed by atoms with Gasteiger partial charge in [0.05, 0.1) is 12.1 Å². The van der Waals surface area contributed by atoms with Gasteiger partial charge in [0.2, 0.25) is 76.8 Å². The number of fused-ring (bicyclic) bond motifs is 1. The number of nitrogens with two attached hydrogens (primary N) is 1. The second kappa shape index (κ2) is 50.8. The van der Waals surface area contributed by atoms with E-state index >= 15 is 4.79 Å². The highest BCUT2D eigenvalue weighted by atomic mass is 32.2. The van der Waals surface area contributed by atoms with E-state index in [1.807, 2.05) is 0 Å². The molecule has 4 aliphatic heterocycles. The molecule has 698 valence electrons. The number of aliphatic carboxylic acids is 4. The number of phosphoric acid groups is 1. The van der Waals surface area contributed by atoms with Gasteiger partial charge in [-0.2, -0.15) is 11.8 Å². The van der Waals surface area contributed by atoms with Crippen molar-refractivity contribution in [2.24, 2.45) is 23.5 Å². The summed E-state index contributed by atoms with van der Waals surface area (Å²) in [5.74, 6) is -18.7. The number of thioether (sulfide) groups is 1. The summed E-state index contributed by atoms with van der Waals surface area (Å²) in [6, 6.07) is -7.11. The highest BCUT2D eigenvalue weighted by Crippen LogP contribution is 2.38. The molecule has 4 fully saturated rings. The number of likely N-dealkylation sites (tertiary alicyclic amines) is 2. The number of carboxylic acid groups (broad SMARTS) is 4. The van der Waals surface area contributed by atoms with Crippen molar-refractivity contribution in [2.75, 3.05) is 25.4 Å². The Morgan fingerprint density at radius 2 is 0.976 bits per heavy atom. The number of phosphoric ester groups is 1. The molecule has 0 saturated carbocycles. The largest absolute Gasteiger partial charge is 0.524 e. The first-order valence-electron chi connectivity index (χ1n) is 42.6. The summed E-state index contributed by atoms with van der Waals surface area (Å²) in [5, 5.41) is 81.3. The van der Waals surface area contributed by atoms with Gasteiger partial charge in [-0.3, -0.25) is 86.5 Å². The number of nitrogens with zero attached hydrogens (tertiary/aromatic N) is 2. The molecule has 15 amide bonds. The Labute approximate surface area is 733 Å². The summed E-state index contributed by atoms with van der Waals surface area (Å²) >= 11 is 1.79. The van der Waals surface area contributed by atoms with E-state index in [4.69, 9.17) is 5.73 Å². The number of amides is 15. The van der Waals surface area contributed by atoms with Crippen molar-refractivity contribution in [3.63, 3.8) is 0 Å². The van der Waals surface area contributed by atoms with Crippen LogP contribution in [0.5, 0.6) is 11.5 Å². The average molecular weight is 1810 g/mol. The zero-order chi connectivity index (χ0) is 93.2. The van der Waals surface area contributed by atoms with Crippen molar-refractivity contribution in [3.05, 3.63) is 59.7 Å². The van der Waals surface area contributed by atoms with Crippen LogP contribution in [-0.2, 0) is 98.9 Å². The minimum Gasteiger partial charge on any atom is -0.508 e. The van der Waals surface area contributed by atoms with Gasteiger partial charge < -0.3 is 109 Å². The topological polar surface area (TPSA) is 652 Å². The number of nitrogens with one attached hydrogen (secondary N) is 12. The molecule has 4 saturated heterocycles. The minimum absolute atomic E-state index is 0.0400. The van der Waals surface area contributed by atoms with E-state index in [1.165, 1.54) is 41.3 Å². The lowest BCUT2D eigenvalue weighted by atomic mass is 9.95. The Kier molecular flexibility index (Phi) is 41.8. The highest BCUT2D eigenvalue weighted by molar-refractivity contribution is 8.00. The zero-order valence-electron chi connectivity index (χ0n) is 71.6. The van der Waals surface area contributed by atoms with Crippen molar-refractivity contribution >= 4 is 126 Å². The molecule has 126 heavy (non-hydrogen) atoms. The van der Waals surface area contributed by atoms with E-state index in [0.29, 0.717) is 44.2 Å². The maximum Gasteiger partial charge on any atom is 0.524 e. The van der Waals surface area contributed by atoms with Crippen LogP contribution in [0.15, 0.2) is 48.5 Å². The minimum atomic E-state index is -5.14. The Morgan fingerprint density at radius 1 is 0.516 bits per heavy atom. The van der Waals surface area contributed by atoms with Crippen molar-refractivity contribution in [1.29, 1.82) is 0 Å². The molecule has 2 aromatic carbocycles. The lowest BCUT2D eigenvalue weighted by Gasteiger charge is -2.33. The third-order valence-corrected chi connectivity index (χ3v) is 24.4. The van der Waals surface area contributed by atoms with Gasteiger partial charge in [-0.25, -0.2) is 14.2 Å². The quantitative estimate of drug-likeness (QED) is 0.0243. The number of aromatic hydroxyl groups is 1. The van der Waals surface area contributed by atoms with Crippen LogP contribution in [-0.4, -0.2) is 261 Å². The van der Waals surface area contributed by atoms with Crippen LogP contribution in [0.2, 0.25) is 0 Å². The lowest BCUT2D eigenvalue weighted by Crippen LogP contribution is -2.62. The molecule has 16 unspecified atom stereocenters. The van der Waals surface area contributed by atoms with Crippen LogP contribution >= 0.6 is 19.6 Å². The molecule has 4 heterocycles. The van der Waals surface area contributed by atoms with Crippen LogP contribution in [0.3, 0.4) is 0 Å². The normalized spacial score (nSPS) is 19.1. The van der Waals surface area contributed by atoms with Crippen molar-refractivity contribution in [2.45, 2.75) is 286 Å². The van der Waals surface area contributed by atoms with Crippen LogP contribution in [0.4, 0.5) is 4.79 Å². The number of primary amides is 1. The molecular formula is C82H122N15O27PS. The first kappa shape index (κ1) is 104. The molecular weight excluding hydrogens is 1690 g/mol. The number of hydrogen-bond donors (Lipinski definition) is 20. The van der Waals surface area contributed by atoms with Crippen molar-refractivity contribution < 1.29 is 131 Å². The Balaban J connectivity index is 1.17. The van der Waals surface area contributed by atoms with E-state index < -0.39 is 239 Å². The number of hydrogen-bond acceptors (Lipinski definition) is 22. The smallest absolute Gasteiger partial charge is 0.508 e. The van der Waals surface area contributed by atoms with Gasteiger partial charge in [0.15, 0.2) is 0 Å². The number of unbranched alkanes of at least 4 members (excludes halogenated alkanes) is 3. The van der Waals surface area contributed by atoms with Crippen LogP contribution in [0, 0.1) is 17.8 Å². The van der Waals surface area contributed by atoms with E-state index in [0.717, 1.165) is 35.6 Å². The van der Waals surface area contributed by atoms with Gasteiger partial charge in [-0.15, -0.1) is 0 Å². The summed E-state index contributed by atoms with van der Waals surface area (Å²) in [7, 11) is -5.14. The number of phenolic OH excluding ortho intramolecular Hbond substituents is 1. The maximum absolute atomic E-state index is 15.0. The molecule has 4 aliphatic rings. The first-order valence-corrected chi connectivity index (χ1v) is 45.2. The van der Waals surface area contributed by atoms with Crippen molar-refractivity contribution in [1.82, 2.24) is 73.6 Å². The Hall–Kier alpha value is -11.2. The van der Waals surface area contributed by atoms with E-state index in [1.54, 1.807) is 53.3 Å². The lowest BCUT2D eigenvalue weighted by molar-refractivity contribution is -0.144. The fraction of sp³-hybridized carbons (Fsp3) is 0.634. The number of carbonyl (C=O) groups is 18. The molecule has 0 aliphatic carbocycles. The summed E-state index contributed by atoms with van der Waals surface area (Å²) in [6.45, 7) is 10.3. The van der Waals surface area contributed by atoms with Crippen molar-refractivity contribution in [3.8, 4) is 11.5 Å². The third kappa shape index (κ3) is 34.3. The monoisotopic (exact) mass is 1810 g/mol. The van der Waals surface area contributed by atoms with Crippen LogP contribution in [0.1, 0.15) is 200 Å². The zero-order valence-corrected chi connectivity index (χ0v) is 73.3. The molecule has 0 spiro atoms. The molecule has 0 aromatic heterocycles. The summed E-state index contributed by atoms with van der Waals surface area (Å²) in [6.07, 6.45) is -1.37. The average Bonchev–Trinajstić information content (AvgIpc) is 1.64. The van der Waals surface area contributed by atoms with Gasteiger partial charge in [-0.1, -0.05) is 91.5 Å². The SMILES string of the molecule is CCC(C)C(NC(=O)C1CCCN1C(=O)C(NC(=O)C(CCC(=O)O)NC(=O)C(CCC(=O)O)NC(=O)C(Cc1ccc(OP(=O)(O)O)cc1)NC(=O)C(CCC(N)=O)NC(=O)C1CCCN1C(=O)C(CCC(=O)O)NC(=O)CCCCCNC(=O)CCCCC1SCC2NC(=O)NC21)C(C)CC)C(=O)NC(Cc1ccc(O)cc1)C(=O)NC(CC(C)C)C(=O)O. The number of urea groups is 1. The van der Waals surface area contributed by atoms with Crippen LogP contribution in [0.25, 0.3) is 0 Å². The molecule has 44 heteroatoms. The van der Waals surface area contributed by atoms with Gasteiger partial charge in [-0.05, 0) is 137 Å². The number of carbonyl (C=O) groups excluding carboxylic acids is 14. The Morgan fingerprint density at radius 3 is 1.50 bits per heavy atom. The van der Waals surface area contributed by atoms with E-state index in [-0.39, 0.29) is 123 Å². The second-order valence-electron chi connectivity index (χ2n) is 32.7. The Bertz CT molecular complexity index is 4220. The summed E-state index contributed by atoms with van der Waals surface area (Å²) in [5.41, 5.74) is 6.10. The maximum atomic E-state index is 15.0. The van der Waals surface area contributed by atoms with E-state index in [9.17, 15) is 121 Å². The number of benzene rings is 2. The number of phenols is 1. The molecule has 6 rings (SSSR count). The van der Waals surface area contributed by atoms with Gasteiger partial charge >= 0.3 is 37.7 Å². The summed E-state index contributed by atoms with van der Waals surface area (Å²) < 4.78 is 16.4. The molecule has 16 atom stereocenters. The molecule has 2 aromatic rings. The number of rotatable bonds is 55. The fourth-order valence-corrected chi connectivity index (χ4v) is 17.1. The highest BCUT2D eigenvalue weighted by Gasteiger charge is 2.46.